The second kappa shape index (κ2) is 6.38. The predicted octanol–water partition coefficient (Wildman–Crippen LogP) is 2.26. The standard InChI is InChI=1S/C15H15FN2O3S2/c16-13-6-3-10(15(19)17-9-12-2-1-7-22-12)8-14(13)23(20,21)18-11-4-5-11/h1-3,6-8,11,18H,4-5,9H2,(H,17,19). The van der Waals surface area contributed by atoms with Gasteiger partial charge in [-0.1, -0.05) is 6.07 Å². The number of carbonyl (C=O) groups is 1. The molecule has 0 radical (unpaired) electrons. The van der Waals surface area contributed by atoms with Crippen LogP contribution in [0.25, 0.3) is 0 Å². The van der Waals surface area contributed by atoms with Crippen molar-refractivity contribution in [3.05, 3.63) is 52.0 Å². The van der Waals surface area contributed by atoms with Crippen molar-refractivity contribution in [2.75, 3.05) is 0 Å². The van der Waals surface area contributed by atoms with E-state index in [0.717, 1.165) is 29.9 Å². The van der Waals surface area contributed by atoms with E-state index in [1.807, 2.05) is 17.5 Å². The van der Waals surface area contributed by atoms with Gasteiger partial charge in [-0.2, -0.15) is 0 Å². The van der Waals surface area contributed by atoms with Gasteiger partial charge in [0.2, 0.25) is 10.0 Å². The molecule has 1 heterocycles. The lowest BCUT2D eigenvalue weighted by Crippen LogP contribution is -2.27. The first-order valence-electron chi connectivity index (χ1n) is 7.08. The third-order valence-electron chi connectivity index (χ3n) is 3.39. The predicted molar refractivity (Wildman–Crippen MR) is 85.2 cm³/mol. The molecule has 0 aliphatic heterocycles. The Kier molecular flexibility index (Phi) is 4.47. The zero-order valence-electron chi connectivity index (χ0n) is 12.1. The van der Waals surface area contributed by atoms with E-state index >= 15 is 0 Å². The Morgan fingerprint density at radius 3 is 2.74 bits per heavy atom. The van der Waals surface area contributed by atoms with Crippen LogP contribution in [0.3, 0.4) is 0 Å². The highest BCUT2D eigenvalue weighted by Gasteiger charge is 2.30. The van der Waals surface area contributed by atoms with E-state index in [1.165, 1.54) is 17.4 Å². The Bertz CT molecular complexity index is 815. The molecule has 8 heteroatoms. The summed E-state index contributed by atoms with van der Waals surface area (Å²) in [5.74, 6) is -1.31. The highest BCUT2D eigenvalue weighted by atomic mass is 32.2. The van der Waals surface area contributed by atoms with E-state index in [4.69, 9.17) is 0 Å². The molecule has 0 spiro atoms. The summed E-state index contributed by atoms with van der Waals surface area (Å²) in [7, 11) is -3.94. The molecule has 0 atom stereocenters. The SMILES string of the molecule is O=C(NCc1cccs1)c1ccc(F)c(S(=O)(=O)NC2CC2)c1. The van der Waals surface area contributed by atoms with E-state index in [-0.39, 0.29) is 11.6 Å². The minimum absolute atomic E-state index is 0.110. The summed E-state index contributed by atoms with van der Waals surface area (Å²) in [6.45, 7) is 0.344. The molecule has 1 aliphatic rings. The van der Waals surface area contributed by atoms with Crippen molar-refractivity contribution in [3.63, 3.8) is 0 Å². The lowest BCUT2D eigenvalue weighted by Gasteiger charge is -2.09. The van der Waals surface area contributed by atoms with E-state index in [1.54, 1.807) is 0 Å². The zero-order chi connectivity index (χ0) is 16.4. The topological polar surface area (TPSA) is 75.3 Å². The number of nitrogens with one attached hydrogen (secondary N) is 2. The molecule has 1 aromatic carbocycles. The quantitative estimate of drug-likeness (QED) is 0.835. The highest BCUT2D eigenvalue weighted by molar-refractivity contribution is 7.89. The van der Waals surface area contributed by atoms with Crippen LogP contribution in [0.15, 0.2) is 40.6 Å². The summed E-state index contributed by atoms with van der Waals surface area (Å²) >= 11 is 1.50. The lowest BCUT2D eigenvalue weighted by molar-refractivity contribution is 0.0951. The number of carbonyl (C=O) groups excluding carboxylic acids is 1. The molecule has 1 amide bonds. The number of benzene rings is 1. The number of hydrogen-bond acceptors (Lipinski definition) is 4. The molecule has 1 aromatic heterocycles. The summed E-state index contributed by atoms with van der Waals surface area (Å²) in [5, 5.41) is 4.58. The lowest BCUT2D eigenvalue weighted by atomic mass is 10.2. The monoisotopic (exact) mass is 354 g/mol. The third kappa shape index (κ3) is 3.95. The van der Waals surface area contributed by atoms with Crippen molar-refractivity contribution in [1.82, 2.24) is 10.0 Å². The zero-order valence-corrected chi connectivity index (χ0v) is 13.7. The maximum absolute atomic E-state index is 13.9. The number of thiophene rings is 1. The Balaban J connectivity index is 1.77. The van der Waals surface area contributed by atoms with Gasteiger partial charge in [-0.25, -0.2) is 17.5 Å². The third-order valence-corrected chi connectivity index (χ3v) is 5.80. The normalized spacial score (nSPS) is 14.7. The van der Waals surface area contributed by atoms with Gasteiger partial charge < -0.3 is 5.32 Å². The Morgan fingerprint density at radius 2 is 2.09 bits per heavy atom. The first-order chi connectivity index (χ1) is 11.0. The number of amides is 1. The molecular formula is C15H15FN2O3S2. The van der Waals surface area contributed by atoms with Gasteiger partial charge in [-0.15, -0.1) is 11.3 Å². The van der Waals surface area contributed by atoms with Crippen molar-refractivity contribution in [2.24, 2.45) is 0 Å². The molecule has 23 heavy (non-hydrogen) atoms. The molecule has 0 unspecified atom stereocenters. The van der Waals surface area contributed by atoms with Gasteiger partial charge in [0.15, 0.2) is 0 Å². The van der Waals surface area contributed by atoms with Gasteiger partial charge in [-0.3, -0.25) is 4.79 Å². The van der Waals surface area contributed by atoms with Crippen LogP contribution < -0.4 is 10.0 Å². The maximum atomic E-state index is 13.9. The number of halogens is 1. The van der Waals surface area contributed by atoms with Gasteiger partial charge in [-0.05, 0) is 42.5 Å². The Labute approximate surface area is 137 Å². The van der Waals surface area contributed by atoms with Gasteiger partial charge in [0.1, 0.15) is 10.7 Å². The molecule has 1 fully saturated rings. The molecule has 122 valence electrons. The molecule has 1 saturated carbocycles. The van der Waals surface area contributed by atoms with E-state index in [2.05, 4.69) is 10.0 Å². The van der Waals surface area contributed by atoms with Crippen LogP contribution in [0.1, 0.15) is 28.1 Å². The maximum Gasteiger partial charge on any atom is 0.251 e. The molecule has 0 saturated heterocycles. The Morgan fingerprint density at radius 1 is 1.30 bits per heavy atom. The number of rotatable bonds is 6. The van der Waals surface area contributed by atoms with Crippen LogP contribution in [0, 0.1) is 5.82 Å². The number of hydrogen-bond donors (Lipinski definition) is 2. The summed E-state index contributed by atoms with van der Waals surface area (Å²) in [6.07, 6.45) is 1.50. The molecule has 5 nitrogen and oxygen atoms in total. The highest BCUT2D eigenvalue weighted by Crippen LogP contribution is 2.24. The second-order valence-corrected chi connectivity index (χ2v) is 8.02. The smallest absolute Gasteiger partial charge is 0.251 e. The molecule has 2 aromatic rings. The minimum atomic E-state index is -3.94. The van der Waals surface area contributed by atoms with Crippen LogP contribution in [-0.2, 0) is 16.6 Å². The van der Waals surface area contributed by atoms with Crippen LogP contribution in [-0.4, -0.2) is 20.4 Å². The Hall–Kier alpha value is -1.77. The minimum Gasteiger partial charge on any atom is -0.347 e. The number of sulfonamides is 1. The van der Waals surface area contributed by atoms with Gasteiger partial charge in [0.25, 0.3) is 5.91 Å². The summed E-state index contributed by atoms with van der Waals surface area (Å²) < 4.78 is 40.6. The fourth-order valence-corrected chi connectivity index (χ4v) is 4.07. The van der Waals surface area contributed by atoms with Crippen molar-refractivity contribution in [3.8, 4) is 0 Å². The summed E-state index contributed by atoms with van der Waals surface area (Å²) in [6, 6.07) is 6.97. The van der Waals surface area contributed by atoms with Gasteiger partial charge >= 0.3 is 0 Å². The van der Waals surface area contributed by atoms with E-state index < -0.39 is 26.6 Å². The molecule has 0 bridgehead atoms. The molecular weight excluding hydrogens is 339 g/mol. The van der Waals surface area contributed by atoms with E-state index in [0.29, 0.717) is 6.54 Å². The van der Waals surface area contributed by atoms with Crippen molar-refractivity contribution < 1.29 is 17.6 Å². The van der Waals surface area contributed by atoms with Crippen LogP contribution in [0.5, 0.6) is 0 Å². The fourth-order valence-electron chi connectivity index (χ4n) is 2.02. The first-order valence-corrected chi connectivity index (χ1v) is 9.44. The van der Waals surface area contributed by atoms with Gasteiger partial charge in [0, 0.05) is 16.5 Å². The largest absolute Gasteiger partial charge is 0.347 e. The fraction of sp³-hybridized carbons (Fsp3) is 0.267. The average Bonchev–Trinajstić information content (AvgIpc) is 3.15. The average molecular weight is 354 g/mol. The summed E-state index contributed by atoms with van der Waals surface area (Å²) in [4.78, 5) is 12.6. The van der Waals surface area contributed by atoms with Crippen molar-refractivity contribution in [2.45, 2.75) is 30.3 Å². The molecule has 2 N–H and O–H groups in total. The second-order valence-electron chi connectivity index (χ2n) is 5.30. The van der Waals surface area contributed by atoms with Gasteiger partial charge in [0.05, 0.1) is 6.54 Å². The molecule has 3 rings (SSSR count). The first kappa shape index (κ1) is 16.1. The van der Waals surface area contributed by atoms with E-state index in [9.17, 15) is 17.6 Å². The van der Waals surface area contributed by atoms with Crippen molar-refractivity contribution >= 4 is 27.3 Å². The van der Waals surface area contributed by atoms with Crippen LogP contribution >= 0.6 is 11.3 Å². The van der Waals surface area contributed by atoms with Crippen LogP contribution in [0.4, 0.5) is 4.39 Å². The molecule has 1 aliphatic carbocycles. The van der Waals surface area contributed by atoms with Crippen molar-refractivity contribution in [1.29, 1.82) is 0 Å². The van der Waals surface area contributed by atoms with Crippen LogP contribution in [0.2, 0.25) is 0 Å². The summed E-state index contributed by atoms with van der Waals surface area (Å²) in [5.41, 5.74) is 0.110.